The summed E-state index contributed by atoms with van der Waals surface area (Å²) in [6, 6.07) is 14.0. The lowest BCUT2D eigenvalue weighted by Crippen LogP contribution is -2.37. The third-order valence-corrected chi connectivity index (χ3v) is 8.22. The molecule has 202 valence electrons. The molecule has 2 heterocycles. The van der Waals surface area contributed by atoms with Crippen molar-refractivity contribution in [2.75, 3.05) is 13.1 Å². The summed E-state index contributed by atoms with van der Waals surface area (Å²) in [7, 11) is 0. The average molecular weight is 527 g/mol. The number of likely N-dealkylation sites (tertiary alicyclic amines) is 1. The molecule has 2 aliphatic carbocycles. The van der Waals surface area contributed by atoms with Crippen LogP contribution >= 0.6 is 0 Å². The van der Waals surface area contributed by atoms with E-state index in [-0.39, 0.29) is 17.6 Å². The summed E-state index contributed by atoms with van der Waals surface area (Å²) in [6.45, 7) is 7.03. The predicted molar refractivity (Wildman–Crippen MR) is 145 cm³/mol. The van der Waals surface area contributed by atoms with E-state index in [0.717, 1.165) is 37.7 Å². The van der Waals surface area contributed by atoms with Gasteiger partial charge in [-0.25, -0.2) is 4.79 Å². The van der Waals surface area contributed by atoms with Gasteiger partial charge < -0.3 is 18.9 Å². The van der Waals surface area contributed by atoms with Crippen LogP contribution < -0.4 is 4.74 Å². The fourth-order valence-corrected chi connectivity index (χ4v) is 6.33. The molecule has 39 heavy (non-hydrogen) atoms. The molecule has 1 spiro atoms. The summed E-state index contributed by atoms with van der Waals surface area (Å²) in [5, 5.41) is 14.0. The lowest BCUT2D eigenvalue weighted by molar-refractivity contribution is 0.0284. The van der Waals surface area contributed by atoms with E-state index in [4.69, 9.17) is 19.0 Å². The van der Waals surface area contributed by atoms with E-state index in [1.165, 1.54) is 24.0 Å². The van der Waals surface area contributed by atoms with Crippen molar-refractivity contribution in [3.63, 3.8) is 0 Å². The average Bonchev–Trinajstić information content (AvgIpc) is 3.72. The second-order valence-corrected chi connectivity index (χ2v) is 12.0. The number of rotatable bonds is 4. The summed E-state index contributed by atoms with van der Waals surface area (Å²) in [5.74, 6) is 1.51. The Morgan fingerprint density at radius 3 is 2.77 bits per heavy atom. The second kappa shape index (κ2) is 9.71. The first-order valence-corrected chi connectivity index (χ1v) is 13.9. The normalized spacial score (nSPS) is 20.8. The quantitative estimate of drug-likeness (QED) is 0.386. The molecule has 0 radical (unpaired) electrons. The SMILES string of the molecule is CC(C)(C)OC(=O)N1CCC2(CCc3c(-c4noc(-c5ccc(OC6CCCC6)c(C#N)c5)n4)cccc32)C1. The van der Waals surface area contributed by atoms with Crippen LogP contribution in [0.25, 0.3) is 22.8 Å². The van der Waals surface area contributed by atoms with Gasteiger partial charge in [0.05, 0.1) is 11.7 Å². The highest BCUT2D eigenvalue weighted by Crippen LogP contribution is 2.48. The topological polar surface area (TPSA) is 101 Å². The minimum atomic E-state index is -0.513. The van der Waals surface area contributed by atoms with Gasteiger partial charge in [-0.3, -0.25) is 0 Å². The molecular formula is C31H34N4O4. The van der Waals surface area contributed by atoms with E-state index in [0.29, 0.717) is 41.7 Å². The zero-order valence-corrected chi connectivity index (χ0v) is 22.8. The molecule has 1 aromatic heterocycles. The Labute approximate surface area is 228 Å². The van der Waals surface area contributed by atoms with E-state index in [1.807, 2.05) is 49.9 Å². The minimum Gasteiger partial charge on any atom is -0.489 e. The standard InChI is InChI=1S/C31H34N4O4/c1-30(2,3)38-29(36)35-16-15-31(19-35)14-13-23-24(9-6-10-25(23)31)27-33-28(39-34-27)20-11-12-26(21(17-20)18-32)37-22-7-4-5-8-22/h6,9-12,17,22H,4-5,7-8,13-16,19H2,1-3H3. The smallest absolute Gasteiger partial charge is 0.410 e. The van der Waals surface area contributed by atoms with Gasteiger partial charge in [0.1, 0.15) is 17.4 Å². The molecule has 2 fully saturated rings. The Morgan fingerprint density at radius 2 is 2.00 bits per heavy atom. The first kappa shape index (κ1) is 25.4. The van der Waals surface area contributed by atoms with Gasteiger partial charge in [-0.15, -0.1) is 0 Å². The largest absolute Gasteiger partial charge is 0.489 e. The van der Waals surface area contributed by atoms with Crippen molar-refractivity contribution < 1.29 is 18.8 Å². The van der Waals surface area contributed by atoms with E-state index >= 15 is 0 Å². The zero-order chi connectivity index (χ0) is 27.2. The van der Waals surface area contributed by atoms with Crippen LogP contribution in [0.3, 0.4) is 0 Å². The number of amides is 1. The molecule has 8 nitrogen and oxygen atoms in total. The number of nitriles is 1. The maximum atomic E-state index is 12.7. The molecule has 8 heteroatoms. The fraction of sp³-hybridized carbons (Fsp3) is 0.484. The number of benzene rings is 2. The summed E-state index contributed by atoms with van der Waals surface area (Å²) in [5.41, 5.74) is 4.00. The van der Waals surface area contributed by atoms with Crippen molar-refractivity contribution in [3.8, 4) is 34.7 Å². The van der Waals surface area contributed by atoms with Crippen molar-refractivity contribution in [1.29, 1.82) is 5.26 Å². The number of aromatic nitrogens is 2. The fourth-order valence-electron chi connectivity index (χ4n) is 6.33. The maximum absolute atomic E-state index is 12.7. The summed E-state index contributed by atoms with van der Waals surface area (Å²) < 4.78 is 17.4. The Hall–Kier alpha value is -3.86. The van der Waals surface area contributed by atoms with E-state index in [1.54, 1.807) is 6.07 Å². The summed E-state index contributed by atoms with van der Waals surface area (Å²) >= 11 is 0. The van der Waals surface area contributed by atoms with Gasteiger partial charge in [0.2, 0.25) is 5.82 Å². The lowest BCUT2D eigenvalue weighted by atomic mass is 9.81. The summed E-state index contributed by atoms with van der Waals surface area (Å²) in [6.07, 6.45) is 7.10. The third kappa shape index (κ3) is 4.87. The molecule has 3 aliphatic rings. The number of hydrogen-bond acceptors (Lipinski definition) is 7. The predicted octanol–water partition coefficient (Wildman–Crippen LogP) is 6.42. The van der Waals surface area contributed by atoms with Crippen molar-refractivity contribution >= 4 is 6.09 Å². The Bertz CT molecular complexity index is 1440. The number of nitrogens with zero attached hydrogens (tertiary/aromatic N) is 4. The van der Waals surface area contributed by atoms with E-state index in [9.17, 15) is 10.1 Å². The molecule has 0 N–H and O–H groups in total. The molecule has 6 rings (SSSR count). The molecule has 1 unspecified atom stereocenters. The molecule has 1 saturated carbocycles. The molecule has 2 aromatic carbocycles. The highest BCUT2D eigenvalue weighted by Gasteiger charge is 2.47. The van der Waals surface area contributed by atoms with Crippen LogP contribution in [0.15, 0.2) is 40.9 Å². The second-order valence-electron chi connectivity index (χ2n) is 12.0. The zero-order valence-electron chi connectivity index (χ0n) is 22.8. The number of ether oxygens (including phenoxy) is 2. The highest BCUT2D eigenvalue weighted by molar-refractivity contribution is 5.71. The van der Waals surface area contributed by atoms with Crippen molar-refractivity contribution in [2.45, 2.75) is 82.8 Å². The molecule has 1 amide bonds. The maximum Gasteiger partial charge on any atom is 0.410 e. The van der Waals surface area contributed by atoms with Crippen LogP contribution in [-0.4, -0.2) is 45.9 Å². The van der Waals surface area contributed by atoms with Crippen molar-refractivity contribution in [1.82, 2.24) is 15.0 Å². The molecule has 3 aromatic rings. The highest BCUT2D eigenvalue weighted by atomic mass is 16.6. The number of fused-ring (bicyclic) bond motifs is 2. The van der Waals surface area contributed by atoms with E-state index < -0.39 is 5.60 Å². The van der Waals surface area contributed by atoms with Crippen LogP contribution in [0.5, 0.6) is 5.75 Å². The van der Waals surface area contributed by atoms with Gasteiger partial charge in [0, 0.05) is 29.6 Å². The van der Waals surface area contributed by atoms with Crippen LogP contribution in [0.4, 0.5) is 4.79 Å². The van der Waals surface area contributed by atoms with Crippen LogP contribution in [-0.2, 0) is 16.6 Å². The van der Waals surface area contributed by atoms with Crippen molar-refractivity contribution in [2.24, 2.45) is 0 Å². The van der Waals surface area contributed by atoms with Crippen LogP contribution in [0, 0.1) is 11.3 Å². The van der Waals surface area contributed by atoms with Gasteiger partial charge in [-0.2, -0.15) is 10.2 Å². The molecule has 0 bridgehead atoms. The number of hydrogen-bond donors (Lipinski definition) is 0. The van der Waals surface area contributed by atoms with Gasteiger partial charge in [0.15, 0.2) is 0 Å². The number of carbonyl (C=O) groups excluding carboxylic acids is 1. The van der Waals surface area contributed by atoms with Gasteiger partial charge in [0.25, 0.3) is 5.89 Å². The number of carbonyl (C=O) groups is 1. The molecule has 1 aliphatic heterocycles. The monoisotopic (exact) mass is 526 g/mol. The first-order valence-electron chi connectivity index (χ1n) is 13.9. The lowest BCUT2D eigenvalue weighted by Gasteiger charge is -2.27. The van der Waals surface area contributed by atoms with Crippen molar-refractivity contribution in [3.05, 3.63) is 53.1 Å². The summed E-state index contributed by atoms with van der Waals surface area (Å²) in [4.78, 5) is 19.3. The third-order valence-electron chi connectivity index (χ3n) is 8.22. The van der Waals surface area contributed by atoms with Gasteiger partial charge in [-0.1, -0.05) is 23.4 Å². The van der Waals surface area contributed by atoms with Gasteiger partial charge in [-0.05, 0) is 95.0 Å². The van der Waals surface area contributed by atoms with E-state index in [2.05, 4.69) is 17.3 Å². The Balaban J connectivity index is 1.24. The van der Waals surface area contributed by atoms with Gasteiger partial charge >= 0.3 is 6.09 Å². The molecular weight excluding hydrogens is 492 g/mol. The first-order chi connectivity index (χ1) is 18.7. The van der Waals surface area contributed by atoms with Crippen LogP contribution in [0.2, 0.25) is 0 Å². The molecule has 1 atom stereocenters. The molecule has 1 saturated heterocycles. The van der Waals surface area contributed by atoms with Crippen LogP contribution in [0.1, 0.15) is 76.0 Å². The Morgan fingerprint density at radius 1 is 1.18 bits per heavy atom. The Kier molecular flexibility index (Phi) is 6.33. The minimum absolute atomic E-state index is 0.0777.